The van der Waals surface area contributed by atoms with Gasteiger partial charge in [-0.05, 0) is 42.3 Å². The van der Waals surface area contributed by atoms with Gasteiger partial charge in [-0.25, -0.2) is 9.37 Å². The van der Waals surface area contributed by atoms with Gasteiger partial charge in [0.2, 0.25) is 0 Å². The quantitative estimate of drug-likeness (QED) is 0.498. The van der Waals surface area contributed by atoms with Crippen molar-refractivity contribution in [3.05, 3.63) is 72.1 Å². The summed E-state index contributed by atoms with van der Waals surface area (Å²) >= 11 is 0. The Kier molecular flexibility index (Phi) is 7.06. The van der Waals surface area contributed by atoms with E-state index in [0.29, 0.717) is 23.7 Å². The summed E-state index contributed by atoms with van der Waals surface area (Å²) in [6, 6.07) is 11.3. The number of imidazole rings is 1. The van der Waals surface area contributed by atoms with Crippen molar-refractivity contribution in [2.24, 2.45) is 0 Å². The standard InChI is InChI=1S/C25H25FN2O5/c1-16(30)25-27-10-11-28(25)20(13-29)7-4-18-2-3-19(12-22(18)26)17-5-8-21(9-6-17)33-24-15-32-14-23(24)31/h2-3,5-6,8-12,16,20,23-24,29-31H,13-15H2,1H3/t16-,20-,23+,24?/m0/s1. The van der Waals surface area contributed by atoms with E-state index >= 15 is 0 Å². The molecule has 3 N–H and O–H groups in total. The number of ether oxygens (including phenoxy) is 2. The zero-order chi connectivity index (χ0) is 23.4. The van der Waals surface area contributed by atoms with Crippen LogP contribution in [0.2, 0.25) is 0 Å². The van der Waals surface area contributed by atoms with Crippen molar-refractivity contribution in [3.63, 3.8) is 0 Å². The molecule has 2 aromatic carbocycles. The molecule has 3 aromatic rings. The molecule has 33 heavy (non-hydrogen) atoms. The summed E-state index contributed by atoms with van der Waals surface area (Å²) < 4.78 is 27.2. The van der Waals surface area contributed by atoms with Gasteiger partial charge in [0.05, 0.1) is 25.4 Å². The Morgan fingerprint density at radius 2 is 1.97 bits per heavy atom. The lowest BCUT2D eigenvalue weighted by Gasteiger charge is -2.15. The molecule has 1 saturated heterocycles. The number of hydrogen-bond acceptors (Lipinski definition) is 6. The Labute approximate surface area is 191 Å². The second kappa shape index (κ2) is 10.1. The third kappa shape index (κ3) is 5.24. The summed E-state index contributed by atoms with van der Waals surface area (Å²) in [5.74, 6) is 6.13. The fourth-order valence-electron chi connectivity index (χ4n) is 3.61. The molecular weight excluding hydrogens is 427 g/mol. The molecule has 172 valence electrons. The van der Waals surface area contributed by atoms with Crippen molar-refractivity contribution >= 4 is 0 Å². The first-order valence-electron chi connectivity index (χ1n) is 10.6. The number of aromatic nitrogens is 2. The molecule has 7 nitrogen and oxygen atoms in total. The number of aliphatic hydroxyl groups is 3. The molecule has 8 heteroatoms. The van der Waals surface area contributed by atoms with Gasteiger partial charge in [0, 0.05) is 12.4 Å². The number of rotatable bonds is 6. The lowest BCUT2D eigenvalue weighted by molar-refractivity contribution is 0.0733. The molecule has 0 saturated carbocycles. The van der Waals surface area contributed by atoms with Crippen LogP contribution >= 0.6 is 0 Å². The highest BCUT2D eigenvalue weighted by Gasteiger charge is 2.27. The number of halogens is 1. The second-order valence-corrected chi connectivity index (χ2v) is 7.82. The van der Waals surface area contributed by atoms with Crippen LogP contribution in [0, 0.1) is 17.7 Å². The van der Waals surface area contributed by atoms with E-state index in [1.165, 1.54) is 12.3 Å². The van der Waals surface area contributed by atoms with Crippen LogP contribution in [0.3, 0.4) is 0 Å². The zero-order valence-electron chi connectivity index (χ0n) is 18.1. The maximum atomic E-state index is 14.7. The molecule has 1 aromatic heterocycles. The van der Waals surface area contributed by atoms with Gasteiger partial charge in [-0.2, -0.15) is 0 Å². The van der Waals surface area contributed by atoms with E-state index in [-0.39, 0.29) is 18.8 Å². The van der Waals surface area contributed by atoms with Crippen LogP contribution in [0.4, 0.5) is 4.39 Å². The molecule has 2 heterocycles. The summed E-state index contributed by atoms with van der Waals surface area (Å²) in [7, 11) is 0. The van der Waals surface area contributed by atoms with Crippen molar-refractivity contribution in [2.45, 2.75) is 31.3 Å². The lowest BCUT2D eigenvalue weighted by atomic mass is 10.0. The molecule has 1 fully saturated rings. The van der Waals surface area contributed by atoms with Crippen molar-refractivity contribution in [2.75, 3.05) is 19.8 Å². The molecule has 0 bridgehead atoms. The van der Waals surface area contributed by atoms with Crippen LogP contribution in [-0.2, 0) is 4.74 Å². The smallest absolute Gasteiger partial charge is 0.150 e. The number of nitrogens with zero attached hydrogens (tertiary/aromatic N) is 2. The maximum Gasteiger partial charge on any atom is 0.150 e. The molecule has 1 aliphatic rings. The zero-order valence-corrected chi connectivity index (χ0v) is 18.1. The summed E-state index contributed by atoms with van der Waals surface area (Å²) in [5.41, 5.74) is 1.68. The minimum Gasteiger partial charge on any atom is -0.485 e. The fraction of sp³-hybridized carbons (Fsp3) is 0.320. The molecule has 0 amide bonds. The Morgan fingerprint density at radius 3 is 2.61 bits per heavy atom. The Hall–Kier alpha value is -3.22. The van der Waals surface area contributed by atoms with Crippen molar-refractivity contribution in [3.8, 4) is 28.7 Å². The van der Waals surface area contributed by atoms with E-state index in [2.05, 4.69) is 16.8 Å². The van der Waals surface area contributed by atoms with E-state index in [1.54, 1.807) is 42.0 Å². The lowest BCUT2D eigenvalue weighted by Crippen LogP contribution is -2.29. The number of benzene rings is 2. The monoisotopic (exact) mass is 452 g/mol. The van der Waals surface area contributed by atoms with Gasteiger partial charge in [-0.3, -0.25) is 0 Å². The van der Waals surface area contributed by atoms with Crippen LogP contribution in [0.5, 0.6) is 5.75 Å². The molecular formula is C25H25FN2O5. The normalized spacial score (nSPS) is 19.5. The molecule has 0 aliphatic carbocycles. The summed E-state index contributed by atoms with van der Waals surface area (Å²) in [5, 5.41) is 29.3. The van der Waals surface area contributed by atoms with Gasteiger partial charge in [0.15, 0.2) is 0 Å². The maximum absolute atomic E-state index is 14.7. The molecule has 0 radical (unpaired) electrons. The van der Waals surface area contributed by atoms with Crippen molar-refractivity contribution < 1.29 is 29.2 Å². The van der Waals surface area contributed by atoms with Crippen LogP contribution in [-0.4, -0.2) is 56.9 Å². The summed E-state index contributed by atoms with van der Waals surface area (Å²) in [6.07, 6.45) is 1.27. The third-order valence-electron chi connectivity index (χ3n) is 5.40. The predicted molar refractivity (Wildman–Crippen MR) is 119 cm³/mol. The van der Waals surface area contributed by atoms with Gasteiger partial charge < -0.3 is 29.4 Å². The van der Waals surface area contributed by atoms with E-state index in [0.717, 1.165) is 5.56 Å². The Balaban J connectivity index is 1.49. The van der Waals surface area contributed by atoms with Crippen LogP contribution in [0.1, 0.15) is 30.5 Å². The topological polar surface area (TPSA) is 97.0 Å². The minimum absolute atomic E-state index is 0.200. The van der Waals surface area contributed by atoms with E-state index < -0.39 is 30.2 Å². The molecule has 1 unspecified atom stereocenters. The third-order valence-corrected chi connectivity index (χ3v) is 5.40. The van der Waals surface area contributed by atoms with Crippen molar-refractivity contribution in [1.82, 2.24) is 9.55 Å². The van der Waals surface area contributed by atoms with Gasteiger partial charge in [-0.1, -0.05) is 30.0 Å². The van der Waals surface area contributed by atoms with Crippen LogP contribution < -0.4 is 4.74 Å². The van der Waals surface area contributed by atoms with Crippen LogP contribution in [0.25, 0.3) is 11.1 Å². The van der Waals surface area contributed by atoms with E-state index in [1.807, 2.05) is 12.1 Å². The highest BCUT2D eigenvalue weighted by atomic mass is 19.1. The molecule has 4 atom stereocenters. The Bertz CT molecular complexity index is 1150. The van der Waals surface area contributed by atoms with Crippen LogP contribution in [0.15, 0.2) is 54.9 Å². The highest BCUT2D eigenvalue weighted by molar-refractivity contribution is 5.65. The molecule has 4 rings (SSSR count). The highest BCUT2D eigenvalue weighted by Crippen LogP contribution is 2.26. The average Bonchev–Trinajstić information content (AvgIpc) is 3.45. The van der Waals surface area contributed by atoms with Gasteiger partial charge >= 0.3 is 0 Å². The van der Waals surface area contributed by atoms with Gasteiger partial charge in [0.25, 0.3) is 0 Å². The minimum atomic E-state index is -0.819. The predicted octanol–water partition coefficient (Wildman–Crippen LogP) is 2.47. The first-order valence-corrected chi connectivity index (χ1v) is 10.6. The summed E-state index contributed by atoms with van der Waals surface area (Å²) in [4.78, 5) is 4.07. The van der Waals surface area contributed by atoms with Gasteiger partial charge in [-0.15, -0.1) is 0 Å². The number of hydrogen-bond donors (Lipinski definition) is 3. The first kappa shape index (κ1) is 23.0. The Morgan fingerprint density at radius 1 is 1.21 bits per heavy atom. The number of aliphatic hydroxyl groups excluding tert-OH is 3. The first-order chi connectivity index (χ1) is 16.0. The van der Waals surface area contributed by atoms with Gasteiger partial charge in [0.1, 0.15) is 41.7 Å². The molecule has 1 aliphatic heterocycles. The molecule has 0 spiro atoms. The SMILES string of the molecule is C[C@H](O)c1nccn1[C@@H](C#Cc1ccc(-c2ccc(OC3COC[C@H]3O)cc2)cc1F)CO. The second-order valence-electron chi connectivity index (χ2n) is 7.82. The summed E-state index contributed by atoms with van der Waals surface area (Å²) in [6.45, 7) is 1.88. The van der Waals surface area contributed by atoms with Crippen molar-refractivity contribution in [1.29, 1.82) is 0 Å². The fourth-order valence-corrected chi connectivity index (χ4v) is 3.61. The van der Waals surface area contributed by atoms with E-state index in [4.69, 9.17) is 9.47 Å². The van der Waals surface area contributed by atoms with E-state index in [9.17, 15) is 19.7 Å². The average molecular weight is 452 g/mol. The largest absolute Gasteiger partial charge is 0.485 e.